The van der Waals surface area contributed by atoms with E-state index in [1.807, 2.05) is 0 Å². The molecule has 0 aliphatic rings. The molecule has 0 aromatic heterocycles. The summed E-state index contributed by atoms with van der Waals surface area (Å²) in [6, 6.07) is 0. The van der Waals surface area contributed by atoms with Gasteiger partial charge in [0.2, 0.25) is 0 Å². The Balaban J connectivity index is 2.80. The number of nitrogens with two attached hydrogens (primary N) is 2. The molecule has 0 aromatic rings. The summed E-state index contributed by atoms with van der Waals surface area (Å²) in [7, 11) is 4.58. The van der Waals surface area contributed by atoms with E-state index in [1.165, 1.54) is 0 Å². The third kappa shape index (κ3) is 2.03. The van der Waals surface area contributed by atoms with E-state index < -0.39 is 0 Å². The Morgan fingerprint density at radius 1 is 1.50 bits per heavy atom. The second-order valence-electron chi connectivity index (χ2n) is 0.500. The predicted octanol–water partition coefficient (Wildman–Crippen LogP) is -1.84. The Labute approximate surface area is 25.9 Å². The van der Waals surface area contributed by atoms with Crippen molar-refractivity contribution >= 4 is 13.2 Å². The maximum absolute atomic E-state index is 4.58. The molecule has 0 amide bonds. The predicted molar refractivity (Wildman–Crippen MR) is 19.1 cm³/mol. The molecule has 0 aliphatic carbocycles. The summed E-state index contributed by atoms with van der Waals surface area (Å²) in [5, 5.41) is 0. The fourth-order valence-corrected chi connectivity index (χ4v) is 0. The van der Waals surface area contributed by atoms with Gasteiger partial charge in [-0.1, -0.05) is 0 Å². The first-order chi connectivity index (χ1) is 1.73. The summed E-state index contributed by atoms with van der Waals surface area (Å²) < 4.78 is 0. The van der Waals surface area contributed by atoms with Crippen molar-refractivity contribution < 1.29 is 0 Å². The van der Waals surface area contributed by atoms with E-state index in [9.17, 15) is 0 Å². The van der Waals surface area contributed by atoms with Crippen LogP contribution in [0, 0.1) is 0 Å². The topological polar surface area (TPSA) is 52.0 Å². The van der Waals surface area contributed by atoms with Gasteiger partial charge in [0.25, 0.3) is 0 Å². The number of hydrogen-bond acceptors (Lipinski definition) is 2. The molecule has 0 heterocycles. The summed E-state index contributed by atoms with van der Waals surface area (Å²) >= 11 is 0. The average molecular weight is 54.9 g/mol. The van der Waals surface area contributed by atoms with Gasteiger partial charge in [0.1, 0.15) is 0 Å². The van der Waals surface area contributed by atoms with Crippen molar-refractivity contribution in [2.75, 3.05) is 0 Å². The van der Waals surface area contributed by atoms with Crippen LogP contribution in [0.1, 0.15) is 0 Å². The van der Waals surface area contributed by atoms with Gasteiger partial charge in [0.05, 0.1) is 0 Å². The molecule has 0 saturated heterocycles. The molecule has 2 nitrogen and oxygen atoms in total. The normalized spacial score (nSPS) is 5.75. The Kier molecular flexibility index (Phi) is 0.821. The van der Waals surface area contributed by atoms with E-state index in [-0.39, 0.29) is 5.71 Å². The maximum atomic E-state index is 4.58. The number of hydrogen-bond donors (Lipinski definition) is 2. The Morgan fingerprint density at radius 3 is 1.50 bits per heavy atom. The molecule has 0 aromatic carbocycles. The van der Waals surface area contributed by atoms with Crippen LogP contribution in [0.25, 0.3) is 0 Å². The zero-order chi connectivity index (χ0) is 3.58. The van der Waals surface area contributed by atoms with Crippen LogP contribution in [-0.4, -0.2) is 13.2 Å². The molecule has 3 heteroatoms. The fourth-order valence-electron chi connectivity index (χ4n) is 0. The van der Waals surface area contributed by atoms with E-state index in [0.29, 0.717) is 0 Å². The van der Waals surface area contributed by atoms with Gasteiger partial charge in [-0.25, -0.2) is 0 Å². The molecule has 0 unspecified atom stereocenters. The molecule has 0 fully saturated rings. The second-order valence-corrected chi connectivity index (χ2v) is 0.500. The van der Waals surface area contributed by atoms with Crippen LogP contribution in [0.15, 0.2) is 0 Å². The van der Waals surface area contributed by atoms with Gasteiger partial charge < -0.3 is 0 Å². The second kappa shape index (κ2) is 0.929. The first kappa shape index (κ1) is 3.53. The molecule has 1 radical (unpaired) electrons. The van der Waals surface area contributed by atoms with Crippen molar-refractivity contribution in [3.05, 3.63) is 0 Å². The van der Waals surface area contributed by atoms with Crippen molar-refractivity contribution in [1.82, 2.24) is 0 Å². The van der Waals surface area contributed by atoms with E-state index >= 15 is 0 Å². The zero-order valence-electron chi connectivity index (χ0n) is 2.23. The molecule has 0 spiro atoms. The van der Waals surface area contributed by atoms with Crippen LogP contribution < -0.4 is 11.5 Å². The van der Waals surface area contributed by atoms with E-state index in [0.717, 1.165) is 0 Å². The molecule has 0 aliphatic heterocycles. The first-order valence-corrected chi connectivity index (χ1v) is 0.866. The summed E-state index contributed by atoms with van der Waals surface area (Å²) in [5.74, 6) is 0. The third-order valence-corrected chi connectivity index (χ3v) is 0. The SMILES string of the molecule is [B]=C(N)N. The van der Waals surface area contributed by atoms with E-state index in [4.69, 9.17) is 0 Å². The van der Waals surface area contributed by atoms with Crippen molar-refractivity contribution in [2.24, 2.45) is 11.5 Å². The third-order valence-electron chi connectivity index (χ3n) is 0. The molecule has 4 heavy (non-hydrogen) atoms. The summed E-state index contributed by atoms with van der Waals surface area (Å²) in [6.07, 6.45) is 0. The van der Waals surface area contributed by atoms with Crippen LogP contribution in [0.3, 0.4) is 0 Å². The Bertz CT molecular complexity index is 29.0. The zero-order valence-corrected chi connectivity index (χ0v) is 2.23. The number of rotatable bonds is 0. The summed E-state index contributed by atoms with van der Waals surface area (Å²) in [6.45, 7) is 0. The van der Waals surface area contributed by atoms with Crippen LogP contribution in [0.5, 0.6) is 0 Å². The van der Waals surface area contributed by atoms with E-state index in [2.05, 4.69) is 19.0 Å². The minimum absolute atomic E-state index is 0.0833. The van der Waals surface area contributed by atoms with Gasteiger partial charge in [-0.15, -0.1) is 0 Å². The van der Waals surface area contributed by atoms with Crippen LogP contribution in [0.2, 0.25) is 0 Å². The summed E-state index contributed by atoms with van der Waals surface area (Å²) in [4.78, 5) is 0. The minimum atomic E-state index is -0.0833. The van der Waals surface area contributed by atoms with Gasteiger partial charge in [-0.2, -0.15) is 0 Å². The van der Waals surface area contributed by atoms with Crippen molar-refractivity contribution in [3.8, 4) is 0 Å². The molecule has 0 saturated carbocycles. The van der Waals surface area contributed by atoms with Crippen LogP contribution >= 0.6 is 0 Å². The Morgan fingerprint density at radius 2 is 1.50 bits per heavy atom. The first-order valence-electron chi connectivity index (χ1n) is 0.866. The molecule has 0 bridgehead atoms. The van der Waals surface area contributed by atoms with Crippen LogP contribution in [-0.2, 0) is 0 Å². The van der Waals surface area contributed by atoms with Crippen molar-refractivity contribution in [2.45, 2.75) is 0 Å². The Hall–Kier alpha value is -0.465. The fraction of sp³-hybridized carbons (Fsp3) is 0. The average Bonchev–Trinajstić information content (AvgIpc) is 0.811. The molecular formula is CH4BN2. The molecule has 0 rings (SSSR count). The van der Waals surface area contributed by atoms with Gasteiger partial charge in [0.15, 0.2) is 0 Å². The van der Waals surface area contributed by atoms with E-state index in [1.54, 1.807) is 0 Å². The monoisotopic (exact) mass is 55.0 g/mol. The van der Waals surface area contributed by atoms with Crippen molar-refractivity contribution in [1.29, 1.82) is 0 Å². The van der Waals surface area contributed by atoms with Gasteiger partial charge in [0, 0.05) is 0 Å². The van der Waals surface area contributed by atoms with Gasteiger partial charge in [-0.3, -0.25) is 0 Å². The quantitative estimate of drug-likeness (QED) is 0.320. The summed E-state index contributed by atoms with van der Waals surface area (Å²) in [5.41, 5.74) is 9.08. The standard InChI is InChI=1S/CH4BN2/c2-1(3)4/h3-4H2. The molecular weight excluding hydrogens is 50.8 g/mol. The molecule has 21 valence electrons. The van der Waals surface area contributed by atoms with Gasteiger partial charge >= 0.3 is 24.7 Å². The van der Waals surface area contributed by atoms with Crippen LogP contribution in [0.4, 0.5) is 0 Å². The molecule has 0 atom stereocenters. The van der Waals surface area contributed by atoms with Gasteiger partial charge in [-0.05, 0) is 0 Å². The van der Waals surface area contributed by atoms with Crippen molar-refractivity contribution in [3.63, 3.8) is 0 Å². The molecule has 4 N–H and O–H groups in total.